The average molecular weight is 405 g/mol. The summed E-state index contributed by atoms with van der Waals surface area (Å²) in [6.07, 6.45) is 0.308. The van der Waals surface area contributed by atoms with E-state index in [1.165, 1.54) is 23.1 Å². The summed E-state index contributed by atoms with van der Waals surface area (Å²) in [6.45, 7) is 1.68. The zero-order valence-corrected chi connectivity index (χ0v) is 16.5. The summed E-state index contributed by atoms with van der Waals surface area (Å²) in [4.78, 5) is 35.8. The van der Waals surface area contributed by atoms with Crippen LogP contribution in [0.4, 0.5) is 17.1 Å². The first-order valence-electron chi connectivity index (χ1n) is 8.48. The Balaban J connectivity index is 1.97. The van der Waals surface area contributed by atoms with E-state index >= 15 is 0 Å². The number of non-ortho nitro benzene ring substituents is 1. The molecule has 1 unspecified atom stereocenters. The number of nitro groups is 1. The number of carbonyl (C=O) groups excluding carboxylic acids is 2. The number of carbonyl (C=O) groups is 2. The highest BCUT2D eigenvalue weighted by Crippen LogP contribution is 2.26. The van der Waals surface area contributed by atoms with E-state index in [2.05, 4.69) is 10.6 Å². The average Bonchev–Trinajstić information content (AvgIpc) is 2.64. The molecule has 2 rings (SSSR count). The van der Waals surface area contributed by atoms with Gasteiger partial charge in [-0.05, 0) is 30.7 Å². The van der Waals surface area contributed by atoms with Crippen molar-refractivity contribution in [2.24, 2.45) is 0 Å². The molecule has 0 fully saturated rings. The van der Waals surface area contributed by atoms with Crippen molar-refractivity contribution in [2.75, 3.05) is 24.7 Å². The number of likely N-dealkylation sites (N-methyl/N-ethyl adjacent to an activating group) is 1. The molecule has 0 aliphatic heterocycles. The Morgan fingerprint density at radius 3 is 2.36 bits per heavy atom. The van der Waals surface area contributed by atoms with Gasteiger partial charge in [-0.25, -0.2) is 0 Å². The second kappa shape index (κ2) is 9.18. The molecule has 0 aromatic heterocycles. The van der Waals surface area contributed by atoms with Crippen LogP contribution < -0.4 is 10.6 Å². The van der Waals surface area contributed by atoms with Gasteiger partial charge in [0.2, 0.25) is 11.8 Å². The van der Waals surface area contributed by atoms with Gasteiger partial charge in [-0.3, -0.25) is 19.7 Å². The van der Waals surface area contributed by atoms with Crippen molar-refractivity contribution in [1.82, 2.24) is 4.90 Å². The van der Waals surface area contributed by atoms with Gasteiger partial charge in [0.05, 0.1) is 22.1 Å². The molecule has 148 valence electrons. The summed E-state index contributed by atoms with van der Waals surface area (Å²) in [5.74, 6) is -0.337. The summed E-state index contributed by atoms with van der Waals surface area (Å²) < 4.78 is 0. The van der Waals surface area contributed by atoms with Crippen molar-refractivity contribution in [3.63, 3.8) is 0 Å². The Bertz CT molecular complexity index is 884. The molecule has 0 heterocycles. The van der Waals surface area contributed by atoms with Crippen molar-refractivity contribution >= 4 is 40.5 Å². The molecule has 0 radical (unpaired) electrons. The zero-order valence-electron chi connectivity index (χ0n) is 15.7. The van der Waals surface area contributed by atoms with Crippen molar-refractivity contribution in [1.29, 1.82) is 0 Å². The highest BCUT2D eigenvalue weighted by molar-refractivity contribution is 6.34. The van der Waals surface area contributed by atoms with Crippen LogP contribution in [0.15, 0.2) is 42.5 Å². The Morgan fingerprint density at radius 2 is 1.82 bits per heavy atom. The van der Waals surface area contributed by atoms with Crippen molar-refractivity contribution in [2.45, 2.75) is 19.4 Å². The van der Waals surface area contributed by atoms with Gasteiger partial charge in [0.1, 0.15) is 6.04 Å². The first-order chi connectivity index (χ1) is 13.2. The summed E-state index contributed by atoms with van der Waals surface area (Å²) in [5.41, 5.74) is 1.74. The van der Waals surface area contributed by atoms with Crippen molar-refractivity contribution in [3.8, 4) is 0 Å². The number of anilines is 2. The van der Waals surface area contributed by atoms with Crippen LogP contribution in [0.3, 0.4) is 0 Å². The van der Waals surface area contributed by atoms with Crippen LogP contribution in [0.1, 0.15) is 12.5 Å². The van der Waals surface area contributed by atoms with Crippen molar-refractivity contribution in [3.05, 3.63) is 63.2 Å². The van der Waals surface area contributed by atoms with Gasteiger partial charge in [-0.2, -0.15) is 0 Å². The predicted molar refractivity (Wildman–Crippen MR) is 109 cm³/mol. The molecule has 28 heavy (non-hydrogen) atoms. The summed E-state index contributed by atoms with van der Waals surface area (Å²) in [6, 6.07) is 10.5. The molecule has 0 aliphatic rings. The van der Waals surface area contributed by atoms with E-state index in [0.29, 0.717) is 12.1 Å². The lowest BCUT2D eigenvalue weighted by molar-refractivity contribution is -0.384. The highest BCUT2D eigenvalue weighted by Gasteiger charge is 2.16. The SMILES string of the molecule is CC(Nc1ccc(CC(=O)N(C)C)cc1)C(=O)Nc1ccc([N+](=O)[O-])cc1Cl. The molecule has 2 N–H and O–H groups in total. The van der Waals surface area contributed by atoms with Crippen LogP contribution in [-0.2, 0) is 16.0 Å². The molecular weight excluding hydrogens is 384 g/mol. The van der Waals surface area contributed by atoms with Crippen LogP contribution in [0.5, 0.6) is 0 Å². The Labute approximate surface area is 167 Å². The maximum atomic E-state index is 12.4. The lowest BCUT2D eigenvalue weighted by atomic mass is 10.1. The Hall–Kier alpha value is -3.13. The van der Waals surface area contributed by atoms with E-state index in [1.807, 2.05) is 12.1 Å². The number of hydrogen-bond donors (Lipinski definition) is 2. The number of amides is 2. The second-order valence-corrected chi connectivity index (χ2v) is 6.85. The molecule has 9 heteroatoms. The molecular formula is C19H21ClN4O4. The van der Waals surface area contributed by atoms with Crippen molar-refractivity contribution < 1.29 is 14.5 Å². The topological polar surface area (TPSA) is 105 Å². The van der Waals surface area contributed by atoms with Crippen LogP contribution in [0.2, 0.25) is 5.02 Å². The molecule has 0 bridgehead atoms. The van der Waals surface area contributed by atoms with Gasteiger partial charge in [0.15, 0.2) is 0 Å². The van der Waals surface area contributed by atoms with Gasteiger partial charge in [0.25, 0.3) is 5.69 Å². The summed E-state index contributed by atoms with van der Waals surface area (Å²) >= 11 is 5.99. The number of hydrogen-bond acceptors (Lipinski definition) is 5. The molecule has 0 saturated carbocycles. The molecule has 2 aromatic carbocycles. The van der Waals surface area contributed by atoms with E-state index in [-0.39, 0.29) is 22.5 Å². The maximum absolute atomic E-state index is 12.4. The molecule has 2 amide bonds. The van der Waals surface area contributed by atoms with E-state index in [0.717, 1.165) is 11.3 Å². The molecule has 0 saturated heterocycles. The van der Waals surface area contributed by atoms with E-state index in [1.54, 1.807) is 33.2 Å². The van der Waals surface area contributed by atoms with Crippen LogP contribution in [0.25, 0.3) is 0 Å². The third-order valence-electron chi connectivity index (χ3n) is 4.01. The Kier molecular flexibility index (Phi) is 6.94. The van der Waals surface area contributed by atoms with Gasteiger partial charge in [0, 0.05) is 31.9 Å². The fourth-order valence-corrected chi connectivity index (χ4v) is 2.55. The van der Waals surface area contributed by atoms with E-state index in [4.69, 9.17) is 11.6 Å². The maximum Gasteiger partial charge on any atom is 0.271 e. The fourth-order valence-electron chi connectivity index (χ4n) is 2.33. The monoisotopic (exact) mass is 404 g/mol. The lowest BCUT2D eigenvalue weighted by Crippen LogP contribution is -2.32. The minimum atomic E-state index is -0.583. The van der Waals surface area contributed by atoms with Gasteiger partial charge >= 0.3 is 0 Å². The van der Waals surface area contributed by atoms with Gasteiger partial charge in [-0.1, -0.05) is 23.7 Å². The third kappa shape index (κ3) is 5.68. The second-order valence-electron chi connectivity index (χ2n) is 6.44. The third-order valence-corrected chi connectivity index (χ3v) is 4.32. The van der Waals surface area contributed by atoms with E-state index in [9.17, 15) is 19.7 Å². The normalized spacial score (nSPS) is 11.4. The van der Waals surface area contributed by atoms with Crippen LogP contribution >= 0.6 is 11.6 Å². The van der Waals surface area contributed by atoms with Gasteiger partial charge < -0.3 is 15.5 Å². The van der Waals surface area contributed by atoms with Crippen LogP contribution in [-0.4, -0.2) is 41.8 Å². The smallest absolute Gasteiger partial charge is 0.271 e. The molecule has 0 spiro atoms. The standard InChI is InChI=1S/C19H21ClN4O4/c1-12(19(26)22-17-9-8-15(24(27)28)11-16(17)20)21-14-6-4-13(5-7-14)10-18(25)23(2)3/h4-9,11-12,21H,10H2,1-3H3,(H,22,26). The minimum Gasteiger partial charge on any atom is -0.374 e. The fraction of sp³-hybridized carbons (Fsp3) is 0.263. The van der Waals surface area contributed by atoms with Gasteiger partial charge in [-0.15, -0.1) is 0 Å². The summed E-state index contributed by atoms with van der Waals surface area (Å²) in [5, 5.41) is 16.5. The quantitative estimate of drug-likeness (QED) is 0.544. The highest BCUT2D eigenvalue weighted by atomic mass is 35.5. The zero-order chi connectivity index (χ0) is 20.8. The van der Waals surface area contributed by atoms with E-state index < -0.39 is 11.0 Å². The largest absolute Gasteiger partial charge is 0.374 e. The summed E-state index contributed by atoms with van der Waals surface area (Å²) in [7, 11) is 3.41. The number of nitrogens with one attached hydrogen (secondary N) is 2. The molecule has 2 aromatic rings. The Morgan fingerprint density at radius 1 is 1.18 bits per heavy atom. The number of rotatable bonds is 7. The predicted octanol–water partition coefficient (Wildman–Crippen LogP) is 3.32. The lowest BCUT2D eigenvalue weighted by Gasteiger charge is -2.16. The molecule has 8 nitrogen and oxygen atoms in total. The number of nitro benzene ring substituents is 1. The minimum absolute atomic E-state index is 0.00781. The first kappa shape index (κ1) is 21.2. The number of halogens is 1. The molecule has 0 aliphatic carbocycles. The first-order valence-corrected chi connectivity index (χ1v) is 8.85. The molecule has 1 atom stereocenters. The van der Waals surface area contributed by atoms with Crippen LogP contribution in [0, 0.1) is 10.1 Å². The number of benzene rings is 2. The number of nitrogens with zero attached hydrogens (tertiary/aromatic N) is 2.